The number of carbonyl (C=O) groups is 1. The van der Waals surface area contributed by atoms with E-state index in [1.54, 1.807) is 0 Å². The maximum absolute atomic E-state index is 12.3. The largest absolute Gasteiger partial charge is 0.373 e. The highest BCUT2D eigenvalue weighted by Crippen LogP contribution is 2.21. The van der Waals surface area contributed by atoms with Crippen LogP contribution >= 0.6 is 0 Å². The van der Waals surface area contributed by atoms with Crippen molar-refractivity contribution >= 4 is 11.7 Å². The lowest BCUT2D eigenvalue weighted by Gasteiger charge is -2.39. The Balaban J connectivity index is 1.43. The lowest BCUT2D eigenvalue weighted by Crippen LogP contribution is -2.49. The average Bonchev–Trinajstić information content (AvgIpc) is 2.55. The molecule has 5 heteroatoms. The molecule has 0 spiro atoms. The Labute approximate surface area is 145 Å². The molecule has 0 unspecified atom stereocenters. The molecule has 0 saturated carbocycles. The topological polar surface area (TPSA) is 44.8 Å². The third kappa shape index (κ3) is 4.71. The first kappa shape index (κ1) is 17.2. The minimum atomic E-state index is 0.0215. The highest BCUT2D eigenvalue weighted by Gasteiger charge is 2.27. The van der Waals surface area contributed by atoms with E-state index in [4.69, 9.17) is 4.74 Å². The lowest BCUT2D eigenvalue weighted by molar-refractivity contribution is -0.0728. The molecule has 1 aromatic rings. The zero-order valence-corrected chi connectivity index (χ0v) is 14.8. The van der Waals surface area contributed by atoms with E-state index in [1.165, 1.54) is 0 Å². The number of amides is 2. The van der Waals surface area contributed by atoms with Gasteiger partial charge in [-0.3, -0.25) is 4.90 Å². The molecule has 1 aromatic carbocycles. The molecular formula is C19H29N3O2. The van der Waals surface area contributed by atoms with Crippen molar-refractivity contribution in [2.75, 3.05) is 38.0 Å². The molecular weight excluding hydrogens is 302 g/mol. The molecule has 0 aromatic heterocycles. The molecule has 3 rings (SSSR count). The number of likely N-dealkylation sites (tertiary alicyclic amines) is 1. The van der Waals surface area contributed by atoms with Crippen LogP contribution in [0.2, 0.25) is 0 Å². The third-order valence-electron chi connectivity index (χ3n) is 4.94. The van der Waals surface area contributed by atoms with Crippen molar-refractivity contribution < 1.29 is 9.53 Å². The highest BCUT2D eigenvalue weighted by molar-refractivity contribution is 5.89. The van der Waals surface area contributed by atoms with Crippen LogP contribution in [-0.2, 0) is 4.74 Å². The van der Waals surface area contributed by atoms with E-state index in [0.29, 0.717) is 18.1 Å². The smallest absolute Gasteiger partial charge is 0.321 e. The van der Waals surface area contributed by atoms with Crippen LogP contribution in [0.3, 0.4) is 0 Å². The molecule has 2 atom stereocenters. The summed E-state index contributed by atoms with van der Waals surface area (Å²) in [5, 5.41) is 2.98. The van der Waals surface area contributed by atoms with Crippen LogP contribution in [0.15, 0.2) is 30.3 Å². The number of nitrogens with zero attached hydrogens (tertiary/aromatic N) is 2. The summed E-state index contributed by atoms with van der Waals surface area (Å²) >= 11 is 0. The van der Waals surface area contributed by atoms with Gasteiger partial charge in [-0.05, 0) is 44.7 Å². The molecule has 1 N–H and O–H groups in total. The molecule has 0 bridgehead atoms. The number of nitrogens with one attached hydrogen (secondary N) is 1. The maximum atomic E-state index is 12.3. The van der Waals surface area contributed by atoms with Crippen molar-refractivity contribution in [2.24, 2.45) is 5.92 Å². The van der Waals surface area contributed by atoms with Crippen LogP contribution < -0.4 is 5.32 Å². The first-order valence-corrected chi connectivity index (χ1v) is 9.09. The van der Waals surface area contributed by atoms with Crippen LogP contribution in [-0.4, -0.2) is 60.8 Å². The Bertz CT molecular complexity index is 519. The number of hydrogen-bond acceptors (Lipinski definition) is 3. The standard InChI is InChI=1S/C19H29N3O2/c1-15-12-21(13-16(2)24-15)14-17-8-10-22(11-9-17)19(23)20-18-6-4-3-5-7-18/h3-7,15-17H,8-14H2,1-2H3,(H,20,23)/t15-,16-/m0/s1. The highest BCUT2D eigenvalue weighted by atomic mass is 16.5. The minimum Gasteiger partial charge on any atom is -0.373 e. The van der Waals surface area contributed by atoms with E-state index >= 15 is 0 Å². The predicted octanol–water partition coefficient (Wildman–Crippen LogP) is 3.04. The minimum absolute atomic E-state index is 0.0215. The van der Waals surface area contributed by atoms with E-state index in [0.717, 1.165) is 51.3 Å². The van der Waals surface area contributed by atoms with E-state index < -0.39 is 0 Å². The summed E-state index contributed by atoms with van der Waals surface area (Å²) in [4.78, 5) is 16.8. The average molecular weight is 331 g/mol. The number of anilines is 1. The number of ether oxygens (including phenoxy) is 1. The first-order valence-electron chi connectivity index (χ1n) is 9.09. The number of urea groups is 1. The summed E-state index contributed by atoms with van der Waals surface area (Å²) in [6, 6.07) is 9.69. The Hall–Kier alpha value is -1.59. The molecule has 2 aliphatic heterocycles. The number of hydrogen-bond donors (Lipinski definition) is 1. The monoisotopic (exact) mass is 331 g/mol. The maximum Gasteiger partial charge on any atom is 0.321 e. The van der Waals surface area contributed by atoms with Gasteiger partial charge >= 0.3 is 6.03 Å². The van der Waals surface area contributed by atoms with Crippen molar-refractivity contribution in [3.05, 3.63) is 30.3 Å². The van der Waals surface area contributed by atoms with Crippen LogP contribution in [0, 0.1) is 5.92 Å². The Morgan fingerprint density at radius 3 is 2.38 bits per heavy atom. The number of rotatable bonds is 3. The number of para-hydroxylation sites is 1. The fraction of sp³-hybridized carbons (Fsp3) is 0.632. The van der Waals surface area contributed by atoms with Gasteiger partial charge in [-0.1, -0.05) is 18.2 Å². The Kier molecular flexibility index (Phi) is 5.74. The molecule has 2 fully saturated rings. The van der Waals surface area contributed by atoms with Crippen LogP contribution in [0.5, 0.6) is 0 Å². The normalized spacial score (nSPS) is 26.3. The van der Waals surface area contributed by atoms with Crippen LogP contribution in [0.1, 0.15) is 26.7 Å². The van der Waals surface area contributed by atoms with Gasteiger partial charge in [-0.25, -0.2) is 4.79 Å². The fourth-order valence-electron chi connectivity index (χ4n) is 3.84. The Morgan fingerprint density at radius 1 is 1.12 bits per heavy atom. The third-order valence-corrected chi connectivity index (χ3v) is 4.94. The second-order valence-electron chi connectivity index (χ2n) is 7.20. The first-order chi connectivity index (χ1) is 11.6. The molecule has 2 aliphatic rings. The molecule has 5 nitrogen and oxygen atoms in total. The Morgan fingerprint density at radius 2 is 1.75 bits per heavy atom. The quantitative estimate of drug-likeness (QED) is 0.926. The van der Waals surface area contributed by atoms with Gasteiger partial charge in [0.1, 0.15) is 0 Å². The molecule has 0 aliphatic carbocycles. The summed E-state index contributed by atoms with van der Waals surface area (Å²) in [6.07, 6.45) is 2.82. The zero-order valence-electron chi connectivity index (χ0n) is 14.8. The fourth-order valence-corrected chi connectivity index (χ4v) is 3.84. The van der Waals surface area contributed by atoms with Gasteiger partial charge in [0.25, 0.3) is 0 Å². The molecule has 0 radical (unpaired) electrons. The lowest BCUT2D eigenvalue weighted by atomic mass is 9.96. The van der Waals surface area contributed by atoms with E-state index in [1.807, 2.05) is 35.2 Å². The van der Waals surface area contributed by atoms with Crippen molar-refractivity contribution in [3.63, 3.8) is 0 Å². The molecule has 2 heterocycles. The predicted molar refractivity (Wildman–Crippen MR) is 96.2 cm³/mol. The summed E-state index contributed by atoms with van der Waals surface area (Å²) < 4.78 is 5.81. The second-order valence-corrected chi connectivity index (χ2v) is 7.20. The van der Waals surface area contributed by atoms with Crippen molar-refractivity contribution in [1.82, 2.24) is 9.80 Å². The van der Waals surface area contributed by atoms with E-state index in [2.05, 4.69) is 24.1 Å². The van der Waals surface area contributed by atoms with Gasteiger partial charge < -0.3 is 15.0 Å². The number of carbonyl (C=O) groups excluding carboxylic acids is 1. The van der Waals surface area contributed by atoms with Crippen molar-refractivity contribution in [2.45, 2.75) is 38.9 Å². The number of benzene rings is 1. The molecule has 2 saturated heterocycles. The van der Waals surface area contributed by atoms with Crippen molar-refractivity contribution in [1.29, 1.82) is 0 Å². The SMILES string of the molecule is C[C@H]1CN(CC2CCN(C(=O)Nc3ccccc3)CC2)C[C@H](C)O1. The van der Waals surface area contributed by atoms with Crippen LogP contribution in [0.25, 0.3) is 0 Å². The number of morpholine rings is 1. The number of piperidine rings is 1. The summed E-state index contributed by atoms with van der Waals surface area (Å²) in [5.41, 5.74) is 0.862. The second kappa shape index (κ2) is 7.99. The molecule has 2 amide bonds. The summed E-state index contributed by atoms with van der Waals surface area (Å²) in [5.74, 6) is 0.684. The zero-order chi connectivity index (χ0) is 16.9. The van der Waals surface area contributed by atoms with E-state index in [9.17, 15) is 4.79 Å². The van der Waals surface area contributed by atoms with Gasteiger partial charge in [-0.15, -0.1) is 0 Å². The van der Waals surface area contributed by atoms with Gasteiger partial charge in [0, 0.05) is 38.4 Å². The van der Waals surface area contributed by atoms with Crippen molar-refractivity contribution in [3.8, 4) is 0 Å². The summed E-state index contributed by atoms with van der Waals surface area (Å²) in [7, 11) is 0. The molecule has 132 valence electrons. The van der Waals surface area contributed by atoms with Gasteiger partial charge in [0.15, 0.2) is 0 Å². The summed E-state index contributed by atoms with van der Waals surface area (Å²) in [6.45, 7) is 9.18. The molecule has 24 heavy (non-hydrogen) atoms. The van der Waals surface area contributed by atoms with E-state index in [-0.39, 0.29) is 6.03 Å². The van der Waals surface area contributed by atoms with Gasteiger partial charge in [0.2, 0.25) is 0 Å². The van der Waals surface area contributed by atoms with Gasteiger partial charge in [0.05, 0.1) is 12.2 Å². The van der Waals surface area contributed by atoms with Gasteiger partial charge in [-0.2, -0.15) is 0 Å². The van der Waals surface area contributed by atoms with Crippen LogP contribution in [0.4, 0.5) is 10.5 Å².